The molecule has 5 heteroatoms. The van der Waals surface area contributed by atoms with E-state index in [2.05, 4.69) is 27.8 Å². The Balaban J connectivity index is 1.49. The van der Waals surface area contributed by atoms with Crippen LogP contribution in [-0.4, -0.2) is 28.7 Å². The molecule has 1 aliphatic carbocycles. The molecule has 5 nitrogen and oxygen atoms in total. The topological polar surface area (TPSA) is 69.8 Å². The first kappa shape index (κ1) is 15.5. The predicted octanol–water partition coefficient (Wildman–Crippen LogP) is 2.53. The lowest BCUT2D eigenvalue weighted by Crippen LogP contribution is -2.34. The minimum atomic E-state index is -0.0302. The maximum atomic E-state index is 12.4. The van der Waals surface area contributed by atoms with Crippen LogP contribution in [0.15, 0.2) is 0 Å². The van der Waals surface area contributed by atoms with E-state index in [4.69, 9.17) is 0 Å². The van der Waals surface area contributed by atoms with E-state index in [0.29, 0.717) is 5.69 Å². The zero-order valence-corrected chi connectivity index (χ0v) is 13.6. The van der Waals surface area contributed by atoms with E-state index in [-0.39, 0.29) is 11.9 Å². The number of rotatable bonds is 5. The zero-order chi connectivity index (χ0) is 15.4. The summed E-state index contributed by atoms with van der Waals surface area (Å²) in [5, 5.41) is 13.7. The number of aromatic amines is 1. The van der Waals surface area contributed by atoms with Gasteiger partial charge in [0, 0.05) is 36.8 Å². The highest BCUT2D eigenvalue weighted by Crippen LogP contribution is 2.27. The number of hydrogen-bond donors (Lipinski definition) is 3. The highest BCUT2D eigenvalue weighted by molar-refractivity contribution is 5.94. The summed E-state index contributed by atoms with van der Waals surface area (Å²) in [7, 11) is 0. The number of carbonyl (C=O) groups is 1. The van der Waals surface area contributed by atoms with E-state index in [1.165, 1.54) is 38.5 Å². The van der Waals surface area contributed by atoms with Crippen molar-refractivity contribution in [3.05, 3.63) is 17.0 Å². The summed E-state index contributed by atoms with van der Waals surface area (Å²) in [6, 6.07) is 0.221. The first-order valence-corrected chi connectivity index (χ1v) is 8.81. The quantitative estimate of drug-likeness (QED) is 0.783. The summed E-state index contributed by atoms with van der Waals surface area (Å²) in [5.74, 6) is 0.841. The highest BCUT2D eigenvalue weighted by Gasteiger charge is 2.22. The zero-order valence-electron chi connectivity index (χ0n) is 13.6. The van der Waals surface area contributed by atoms with Crippen molar-refractivity contribution in [1.29, 1.82) is 0 Å². The van der Waals surface area contributed by atoms with Crippen molar-refractivity contribution < 1.29 is 4.79 Å². The van der Waals surface area contributed by atoms with E-state index in [1.807, 2.05) is 0 Å². The summed E-state index contributed by atoms with van der Waals surface area (Å²) >= 11 is 0. The lowest BCUT2D eigenvalue weighted by molar-refractivity contribution is 0.0930. The fourth-order valence-corrected chi connectivity index (χ4v) is 3.74. The maximum Gasteiger partial charge on any atom is 0.272 e. The summed E-state index contributed by atoms with van der Waals surface area (Å²) in [4.78, 5) is 12.4. The van der Waals surface area contributed by atoms with Gasteiger partial charge in [-0.2, -0.15) is 5.10 Å². The highest BCUT2D eigenvalue weighted by atomic mass is 16.2. The molecule has 2 heterocycles. The molecule has 0 aromatic carbocycles. The molecule has 1 amide bonds. The summed E-state index contributed by atoms with van der Waals surface area (Å²) in [6.45, 7) is 3.80. The van der Waals surface area contributed by atoms with Crippen molar-refractivity contribution >= 4 is 5.91 Å². The van der Waals surface area contributed by atoms with Gasteiger partial charge < -0.3 is 10.6 Å². The summed E-state index contributed by atoms with van der Waals surface area (Å²) in [6.07, 6.45) is 10.2. The van der Waals surface area contributed by atoms with Gasteiger partial charge in [-0.15, -0.1) is 0 Å². The van der Waals surface area contributed by atoms with Crippen LogP contribution >= 0.6 is 0 Å². The Kier molecular flexibility index (Phi) is 5.13. The Labute approximate surface area is 132 Å². The minimum absolute atomic E-state index is 0.0302. The van der Waals surface area contributed by atoms with Gasteiger partial charge in [0.1, 0.15) is 0 Å². The molecular weight excluding hydrogens is 276 g/mol. The second-order valence-electron chi connectivity index (χ2n) is 6.91. The van der Waals surface area contributed by atoms with Crippen LogP contribution in [0.25, 0.3) is 0 Å². The molecule has 122 valence electrons. The first-order chi connectivity index (χ1) is 10.7. The largest absolute Gasteiger partial charge is 0.348 e. The number of H-pyrrole nitrogens is 1. The van der Waals surface area contributed by atoms with Crippen LogP contribution < -0.4 is 10.6 Å². The number of hydrogen-bond acceptors (Lipinski definition) is 3. The monoisotopic (exact) mass is 304 g/mol. The Morgan fingerprint density at radius 2 is 2.18 bits per heavy atom. The molecule has 2 aliphatic rings. The van der Waals surface area contributed by atoms with Gasteiger partial charge in [-0.05, 0) is 25.7 Å². The van der Waals surface area contributed by atoms with Gasteiger partial charge in [-0.1, -0.05) is 32.1 Å². The van der Waals surface area contributed by atoms with Crippen molar-refractivity contribution in [2.75, 3.05) is 6.54 Å². The first-order valence-electron chi connectivity index (χ1n) is 8.81. The second-order valence-corrected chi connectivity index (χ2v) is 6.91. The molecular formula is C17H28N4O. The molecule has 1 aliphatic heterocycles. The third kappa shape index (κ3) is 3.69. The molecule has 1 saturated carbocycles. The van der Waals surface area contributed by atoms with E-state index in [1.54, 1.807) is 0 Å². The minimum Gasteiger partial charge on any atom is -0.348 e. The van der Waals surface area contributed by atoms with Gasteiger partial charge >= 0.3 is 0 Å². The van der Waals surface area contributed by atoms with Crippen molar-refractivity contribution in [1.82, 2.24) is 20.8 Å². The van der Waals surface area contributed by atoms with Crippen molar-refractivity contribution in [3.63, 3.8) is 0 Å². The molecule has 0 radical (unpaired) electrons. The average Bonchev–Trinajstić information content (AvgIpc) is 2.98. The van der Waals surface area contributed by atoms with Gasteiger partial charge in [0.15, 0.2) is 5.69 Å². The molecule has 1 atom stereocenters. The maximum absolute atomic E-state index is 12.4. The molecule has 3 N–H and O–H groups in total. The third-order valence-electron chi connectivity index (χ3n) is 5.13. The number of aromatic nitrogens is 2. The van der Waals surface area contributed by atoms with E-state index in [9.17, 15) is 4.79 Å². The molecule has 22 heavy (non-hydrogen) atoms. The Morgan fingerprint density at radius 3 is 3.00 bits per heavy atom. The van der Waals surface area contributed by atoms with Crippen molar-refractivity contribution in [2.45, 2.75) is 70.9 Å². The van der Waals surface area contributed by atoms with Gasteiger partial charge in [-0.25, -0.2) is 0 Å². The Bertz CT molecular complexity index is 505. The van der Waals surface area contributed by atoms with E-state index in [0.717, 1.165) is 43.1 Å². The van der Waals surface area contributed by atoms with Crippen LogP contribution in [0.4, 0.5) is 0 Å². The van der Waals surface area contributed by atoms with E-state index >= 15 is 0 Å². The van der Waals surface area contributed by atoms with Crippen LogP contribution in [0, 0.1) is 5.92 Å². The molecule has 1 unspecified atom stereocenters. The van der Waals surface area contributed by atoms with Crippen molar-refractivity contribution in [2.24, 2.45) is 5.92 Å². The predicted molar refractivity (Wildman–Crippen MR) is 86.7 cm³/mol. The standard InChI is InChI=1S/C17H28N4O/c1-12(7-8-13-5-3-2-4-6-13)19-17(22)16-14-11-18-10-9-15(14)20-21-16/h12-13,18H,2-11H2,1H3,(H,19,22)(H,20,21). The molecule has 1 aromatic heterocycles. The average molecular weight is 304 g/mol. The van der Waals surface area contributed by atoms with Gasteiger partial charge in [0.2, 0.25) is 0 Å². The van der Waals surface area contributed by atoms with Gasteiger partial charge in [-0.3, -0.25) is 9.89 Å². The van der Waals surface area contributed by atoms with E-state index < -0.39 is 0 Å². The number of nitrogens with one attached hydrogen (secondary N) is 3. The van der Waals surface area contributed by atoms with Crippen molar-refractivity contribution in [3.8, 4) is 0 Å². The fourth-order valence-electron chi connectivity index (χ4n) is 3.74. The van der Waals surface area contributed by atoms with Crippen LogP contribution in [0.2, 0.25) is 0 Å². The SMILES string of the molecule is CC(CCC1CCCCC1)NC(=O)c1n[nH]c2c1CNCC2. The van der Waals surface area contributed by atoms with Crippen LogP contribution in [0.5, 0.6) is 0 Å². The number of carbonyl (C=O) groups excluding carboxylic acids is 1. The smallest absolute Gasteiger partial charge is 0.272 e. The molecule has 1 aromatic rings. The normalized spacial score (nSPS) is 20.4. The molecule has 3 rings (SSSR count). The van der Waals surface area contributed by atoms with Crippen LogP contribution in [-0.2, 0) is 13.0 Å². The lowest BCUT2D eigenvalue weighted by atomic mass is 9.85. The molecule has 0 spiro atoms. The van der Waals surface area contributed by atoms with Gasteiger partial charge in [0.25, 0.3) is 5.91 Å². The second kappa shape index (κ2) is 7.27. The molecule has 0 bridgehead atoms. The summed E-state index contributed by atoms with van der Waals surface area (Å²) < 4.78 is 0. The lowest BCUT2D eigenvalue weighted by Gasteiger charge is -2.23. The van der Waals surface area contributed by atoms with Gasteiger partial charge in [0.05, 0.1) is 0 Å². The number of nitrogens with zero attached hydrogens (tertiary/aromatic N) is 1. The van der Waals surface area contributed by atoms with Crippen LogP contribution in [0.1, 0.15) is 73.6 Å². The molecule has 1 fully saturated rings. The third-order valence-corrected chi connectivity index (χ3v) is 5.13. The Morgan fingerprint density at radius 1 is 1.36 bits per heavy atom. The summed E-state index contributed by atoms with van der Waals surface area (Å²) in [5.41, 5.74) is 2.73. The number of fused-ring (bicyclic) bond motifs is 1. The Hall–Kier alpha value is -1.36. The molecule has 0 saturated heterocycles. The fraction of sp³-hybridized carbons (Fsp3) is 0.765. The van der Waals surface area contributed by atoms with Crippen LogP contribution in [0.3, 0.4) is 0 Å². The number of amides is 1.